The molecule has 1 heterocycles. The Balaban J connectivity index is 2.62. The summed E-state index contributed by atoms with van der Waals surface area (Å²) in [6.45, 7) is 0. The Hall–Kier alpha value is -1.62. The van der Waals surface area contributed by atoms with Crippen LogP contribution in [-0.2, 0) is 0 Å². The molecule has 0 aliphatic heterocycles. The summed E-state index contributed by atoms with van der Waals surface area (Å²) in [7, 11) is 0. The number of carbonyl (C=O) groups is 1. The molecular weight excluding hydrogens is 258 g/mol. The second-order valence-corrected chi connectivity index (χ2v) is 3.83. The summed E-state index contributed by atoms with van der Waals surface area (Å²) in [4.78, 5) is 10.9. The summed E-state index contributed by atoms with van der Waals surface area (Å²) in [5.74, 6) is 0.423. The van der Waals surface area contributed by atoms with E-state index in [0.29, 0.717) is 17.1 Å². The minimum absolute atomic E-state index is 0.423. The standard InChI is InChI=1S/C10H8BrN3O/c11-8-2-1-3-9(7(8)6-15)14-5-4-10(12)13-14/h1-6H,(H2,12,13). The molecule has 0 bridgehead atoms. The van der Waals surface area contributed by atoms with Crippen LogP contribution in [0.2, 0.25) is 0 Å². The van der Waals surface area contributed by atoms with E-state index in [-0.39, 0.29) is 0 Å². The number of nitrogens with two attached hydrogens (primary N) is 1. The fourth-order valence-corrected chi connectivity index (χ4v) is 1.76. The summed E-state index contributed by atoms with van der Waals surface area (Å²) in [6, 6.07) is 7.13. The van der Waals surface area contributed by atoms with Crippen molar-refractivity contribution in [1.29, 1.82) is 0 Å². The second-order valence-electron chi connectivity index (χ2n) is 2.98. The molecule has 0 aliphatic carbocycles. The molecule has 1 aromatic heterocycles. The quantitative estimate of drug-likeness (QED) is 0.846. The van der Waals surface area contributed by atoms with Crippen molar-refractivity contribution < 1.29 is 4.79 Å². The van der Waals surface area contributed by atoms with E-state index in [1.807, 2.05) is 6.07 Å². The third-order valence-electron chi connectivity index (χ3n) is 2.00. The highest BCUT2D eigenvalue weighted by Crippen LogP contribution is 2.21. The maximum atomic E-state index is 10.9. The molecule has 4 nitrogen and oxygen atoms in total. The van der Waals surface area contributed by atoms with Crippen LogP contribution in [0.1, 0.15) is 10.4 Å². The topological polar surface area (TPSA) is 60.9 Å². The molecule has 5 heteroatoms. The van der Waals surface area contributed by atoms with Gasteiger partial charge in [-0.3, -0.25) is 4.79 Å². The van der Waals surface area contributed by atoms with Crippen LogP contribution in [0.3, 0.4) is 0 Å². The van der Waals surface area contributed by atoms with Crippen LogP contribution < -0.4 is 5.73 Å². The van der Waals surface area contributed by atoms with Gasteiger partial charge in [0.1, 0.15) is 5.82 Å². The van der Waals surface area contributed by atoms with Crippen molar-refractivity contribution in [3.63, 3.8) is 0 Å². The molecule has 1 aromatic carbocycles. The van der Waals surface area contributed by atoms with E-state index in [0.717, 1.165) is 10.8 Å². The maximum absolute atomic E-state index is 10.9. The average molecular weight is 266 g/mol. The van der Waals surface area contributed by atoms with Crippen molar-refractivity contribution in [2.75, 3.05) is 5.73 Å². The summed E-state index contributed by atoms with van der Waals surface area (Å²) < 4.78 is 2.31. The predicted molar refractivity (Wildman–Crippen MR) is 61.1 cm³/mol. The molecule has 0 saturated heterocycles. The van der Waals surface area contributed by atoms with E-state index in [1.165, 1.54) is 0 Å². The van der Waals surface area contributed by atoms with Crippen LogP contribution in [0, 0.1) is 0 Å². The molecular formula is C10H8BrN3O. The van der Waals surface area contributed by atoms with Crippen LogP contribution in [0.25, 0.3) is 5.69 Å². The number of aldehydes is 1. The molecule has 2 aromatic rings. The smallest absolute Gasteiger partial charge is 0.153 e. The number of benzene rings is 1. The number of nitrogens with zero attached hydrogens (tertiary/aromatic N) is 2. The highest BCUT2D eigenvalue weighted by atomic mass is 79.9. The van der Waals surface area contributed by atoms with Gasteiger partial charge in [-0.1, -0.05) is 6.07 Å². The molecule has 0 unspecified atom stereocenters. The lowest BCUT2D eigenvalue weighted by Crippen LogP contribution is -2.01. The normalized spacial score (nSPS) is 10.2. The molecule has 76 valence electrons. The van der Waals surface area contributed by atoms with Gasteiger partial charge in [0.15, 0.2) is 6.29 Å². The van der Waals surface area contributed by atoms with Crippen molar-refractivity contribution in [3.05, 3.63) is 40.5 Å². The zero-order chi connectivity index (χ0) is 10.8. The second kappa shape index (κ2) is 3.86. The minimum Gasteiger partial charge on any atom is -0.382 e. The monoisotopic (exact) mass is 265 g/mol. The van der Waals surface area contributed by atoms with E-state index in [9.17, 15) is 4.79 Å². The Morgan fingerprint density at radius 2 is 2.20 bits per heavy atom. The maximum Gasteiger partial charge on any atom is 0.153 e. The lowest BCUT2D eigenvalue weighted by Gasteiger charge is -2.05. The summed E-state index contributed by atoms with van der Waals surface area (Å²) >= 11 is 3.31. The molecule has 15 heavy (non-hydrogen) atoms. The largest absolute Gasteiger partial charge is 0.382 e. The van der Waals surface area contributed by atoms with Gasteiger partial charge in [0, 0.05) is 16.7 Å². The van der Waals surface area contributed by atoms with Gasteiger partial charge in [-0.2, -0.15) is 5.10 Å². The molecule has 0 radical (unpaired) electrons. The molecule has 0 spiro atoms. The van der Waals surface area contributed by atoms with Crippen LogP contribution in [0.5, 0.6) is 0 Å². The fraction of sp³-hybridized carbons (Fsp3) is 0. The molecule has 0 atom stereocenters. The van der Waals surface area contributed by atoms with E-state index in [1.54, 1.807) is 29.1 Å². The third kappa shape index (κ3) is 1.78. The summed E-state index contributed by atoms with van der Waals surface area (Å²) in [5, 5.41) is 4.05. The number of halogens is 1. The number of hydrogen-bond donors (Lipinski definition) is 1. The summed E-state index contributed by atoms with van der Waals surface area (Å²) in [6.07, 6.45) is 2.50. The van der Waals surface area contributed by atoms with E-state index in [2.05, 4.69) is 21.0 Å². The Labute approximate surface area is 94.8 Å². The highest BCUT2D eigenvalue weighted by Gasteiger charge is 2.07. The van der Waals surface area contributed by atoms with Crippen molar-refractivity contribution in [1.82, 2.24) is 9.78 Å². The van der Waals surface area contributed by atoms with Crippen molar-refractivity contribution >= 4 is 28.0 Å². The van der Waals surface area contributed by atoms with Crippen LogP contribution in [-0.4, -0.2) is 16.1 Å². The lowest BCUT2D eigenvalue weighted by molar-refractivity contribution is 0.112. The van der Waals surface area contributed by atoms with Gasteiger partial charge in [-0.15, -0.1) is 0 Å². The van der Waals surface area contributed by atoms with Gasteiger partial charge in [-0.05, 0) is 28.1 Å². The average Bonchev–Trinajstić information content (AvgIpc) is 2.64. The van der Waals surface area contributed by atoms with E-state index < -0.39 is 0 Å². The first kappa shape index (κ1) is 9.92. The summed E-state index contributed by atoms with van der Waals surface area (Å²) in [5.41, 5.74) is 6.77. The SMILES string of the molecule is Nc1ccn(-c2cccc(Br)c2C=O)n1. The van der Waals surface area contributed by atoms with Crippen molar-refractivity contribution in [2.24, 2.45) is 0 Å². The van der Waals surface area contributed by atoms with E-state index in [4.69, 9.17) is 5.73 Å². The molecule has 2 N–H and O–H groups in total. The third-order valence-corrected chi connectivity index (χ3v) is 2.70. The number of rotatable bonds is 2. The molecule has 0 saturated carbocycles. The zero-order valence-electron chi connectivity index (χ0n) is 7.72. The number of nitrogen functional groups attached to an aromatic ring is 1. The molecule has 0 fully saturated rings. The fourth-order valence-electron chi connectivity index (χ4n) is 1.31. The van der Waals surface area contributed by atoms with Crippen LogP contribution in [0.4, 0.5) is 5.82 Å². The predicted octanol–water partition coefficient (Wildman–Crippen LogP) is 2.03. The first-order valence-electron chi connectivity index (χ1n) is 4.27. The Morgan fingerprint density at radius 1 is 1.40 bits per heavy atom. The number of aromatic nitrogens is 2. The number of hydrogen-bond acceptors (Lipinski definition) is 3. The molecule has 0 aliphatic rings. The Bertz CT molecular complexity index is 507. The Morgan fingerprint density at radius 3 is 2.80 bits per heavy atom. The first-order chi connectivity index (χ1) is 7.22. The van der Waals surface area contributed by atoms with Crippen molar-refractivity contribution in [2.45, 2.75) is 0 Å². The lowest BCUT2D eigenvalue weighted by atomic mass is 10.2. The van der Waals surface area contributed by atoms with Gasteiger partial charge in [-0.25, -0.2) is 4.68 Å². The van der Waals surface area contributed by atoms with E-state index >= 15 is 0 Å². The van der Waals surface area contributed by atoms with Crippen LogP contribution in [0.15, 0.2) is 34.9 Å². The first-order valence-corrected chi connectivity index (χ1v) is 5.07. The van der Waals surface area contributed by atoms with Crippen LogP contribution >= 0.6 is 15.9 Å². The Kier molecular flexibility index (Phi) is 2.55. The molecule has 0 amide bonds. The number of carbonyl (C=O) groups excluding carboxylic acids is 1. The zero-order valence-corrected chi connectivity index (χ0v) is 9.31. The van der Waals surface area contributed by atoms with Gasteiger partial charge in [0.05, 0.1) is 11.3 Å². The van der Waals surface area contributed by atoms with Gasteiger partial charge in [0.2, 0.25) is 0 Å². The van der Waals surface area contributed by atoms with Gasteiger partial charge in [0.25, 0.3) is 0 Å². The molecule has 2 rings (SSSR count). The number of anilines is 1. The minimum atomic E-state index is 0.423. The van der Waals surface area contributed by atoms with Gasteiger partial charge >= 0.3 is 0 Å². The van der Waals surface area contributed by atoms with Gasteiger partial charge < -0.3 is 5.73 Å². The highest BCUT2D eigenvalue weighted by molar-refractivity contribution is 9.10. The van der Waals surface area contributed by atoms with Crippen molar-refractivity contribution in [3.8, 4) is 5.69 Å².